The molecule has 1 aromatic rings. The standard InChI is InChI=1S/C14H18ClN/c1-12(2)14(11-16,9-6-10-15)13-7-4-3-5-8-13/h3-5,7-8,12H,6,9-10H2,1-2H3/t14-/m0/s1. The van der Waals surface area contributed by atoms with Gasteiger partial charge in [-0.25, -0.2) is 0 Å². The zero-order valence-electron chi connectivity index (χ0n) is 9.91. The minimum absolute atomic E-state index is 0.295. The molecule has 0 aliphatic carbocycles. The van der Waals surface area contributed by atoms with Gasteiger partial charge >= 0.3 is 0 Å². The van der Waals surface area contributed by atoms with Crippen LogP contribution in [0.5, 0.6) is 0 Å². The lowest BCUT2D eigenvalue weighted by molar-refractivity contribution is 0.366. The van der Waals surface area contributed by atoms with Crippen LogP contribution in [0.1, 0.15) is 32.3 Å². The van der Waals surface area contributed by atoms with Crippen molar-refractivity contribution in [3.05, 3.63) is 35.9 Å². The summed E-state index contributed by atoms with van der Waals surface area (Å²) in [6.45, 7) is 4.20. The molecule has 86 valence electrons. The van der Waals surface area contributed by atoms with E-state index >= 15 is 0 Å². The fourth-order valence-corrected chi connectivity index (χ4v) is 2.23. The van der Waals surface area contributed by atoms with Crippen molar-refractivity contribution in [1.82, 2.24) is 0 Å². The van der Waals surface area contributed by atoms with Crippen LogP contribution in [0, 0.1) is 17.2 Å². The van der Waals surface area contributed by atoms with Crippen molar-refractivity contribution in [2.24, 2.45) is 5.92 Å². The number of alkyl halides is 1. The minimum Gasteiger partial charge on any atom is -0.197 e. The SMILES string of the molecule is CC(C)[C@@](C#N)(CCCCl)c1ccccc1. The average Bonchev–Trinajstić information content (AvgIpc) is 2.31. The van der Waals surface area contributed by atoms with Crippen molar-refractivity contribution in [3.63, 3.8) is 0 Å². The quantitative estimate of drug-likeness (QED) is 0.705. The summed E-state index contributed by atoms with van der Waals surface area (Å²) < 4.78 is 0. The van der Waals surface area contributed by atoms with E-state index in [2.05, 4.69) is 19.9 Å². The predicted octanol–water partition coefficient (Wildman–Crippen LogP) is 4.12. The average molecular weight is 236 g/mol. The lowest BCUT2D eigenvalue weighted by atomic mass is 9.70. The molecule has 0 fully saturated rings. The molecule has 1 aromatic carbocycles. The van der Waals surface area contributed by atoms with Crippen LogP contribution in [0.4, 0.5) is 0 Å². The fraction of sp³-hybridized carbons (Fsp3) is 0.500. The van der Waals surface area contributed by atoms with Crippen LogP contribution in [-0.4, -0.2) is 5.88 Å². The first-order valence-corrected chi connectivity index (χ1v) is 6.23. The summed E-state index contributed by atoms with van der Waals surface area (Å²) in [4.78, 5) is 0. The summed E-state index contributed by atoms with van der Waals surface area (Å²) in [6, 6.07) is 12.5. The molecular weight excluding hydrogens is 218 g/mol. The van der Waals surface area contributed by atoms with Crippen molar-refractivity contribution < 1.29 is 0 Å². The summed E-state index contributed by atoms with van der Waals surface area (Å²) in [5.41, 5.74) is 0.716. The second-order valence-electron chi connectivity index (χ2n) is 4.40. The highest BCUT2D eigenvalue weighted by atomic mass is 35.5. The number of nitriles is 1. The van der Waals surface area contributed by atoms with Crippen molar-refractivity contribution in [1.29, 1.82) is 5.26 Å². The summed E-state index contributed by atoms with van der Waals surface area (Å²) in [5, 5.41) is 9.53. The highest BCUT2D eigenvalue weighted by Gasteiger charge is 2.35. The Morgan fingerprint density at radius 3 is 2.38 bits per heavy atom. The van der Waals surface area contributed by atoms with Crippen LogP contribution in [0.3, 0.4) is 0 Å². The molecule has 0 aliphatic heterocycles. The maximum Gasteiger partial charge on any atom is 0.0845 e. The van der Waals surface area contributed by atoms with Gasteiger partial charge in [-0.15, -0.1) is 11.6 Å². The first-order chi connectivity index (χ1) is 7.67. The molecular formula is C14H18ClN. The molecule has 0 saturated heterocycles. The Hall–Kier alpha value is -1.00. The largest absolute Gasteiger partial charge is 0.197 e. The Kier molecular flexibility index (Phi) is 4.83. The summed E-state index contributed by atoms with van der Waals surface area (Å²) in [6.07, 6.45) is 1.71. The molecule has 0 aliphatic rings. The van der Waals surface area contributed by atoms with E-state index in [9.17, 15) is 5.26 Å². The molecule has 0 unspecified atom stereocenters. The van der Waals surface area contributed by atoms with Crippen LogP contribution in [0.15, 0.2) is 30.3 Å². The highest BCUT2D eigenvalue weighted by Crippen LogP contribution is 2.36. The van der Waals surface area contributed by atoms with Gasteiger partial charge in [0.25, 0.3) is 0 Å². The molecule has 0 N–H and O–H groups in total. The molecule has 2 heteroatoms. The Morgan fingerprint density at radius 1 is 1.31 bits per heavy atom. The second kappa shape index (κ2) is 5.92. The maximum absolute atomic E-state index is 9.53. The number of hydrogen-bond acceptors (Lipinski definition) is 1. The van der Waals surface area contributed by atoms with Gasteiger partial charge in [-0.2, -0.15) is 5.26 Å². The molecule has 1 rings (SSSR count). The van der Waals surface area contributed by atoms with Crippen LogP contribution >= 0.6 is 11.6 Å². The highest BCUT2D eigenvalue weighted by molar-refractivity contribution is 6.17. The summed E-state index contributed by atoms with van der Waals surface area (Å²) in [5.74, 6) is 0.909. The van der Waals surface area contributed by atoms with E-state index in [0.717, 1.165) is 18.4 Å². The Morgan fingerprint density at radius 2 is 1.94 bits per heavy atom. The van der Waals surface area contributed by atoms with Gasteiger partial charge in [-0.05, 0) is 24.3 Å². The van der Waals surface area contributed by atoms with Gasteiger partial charge in [0, 0.05) is 5.88 Å². The van der Waals surface area contributed by atoms with E-state index < -0.39 is 5.41 Å². The minimum atomic E-state index is -0.393. The van der Waals surface area contributed by atoms with E-state index in [1.807, 2.05) is 30.3 Å². The first kappa shape index (κ1) is 13.1. The first-order valence-electron chi connectivity index (χ1n) is 5.70. The maximum atomic E-state index is 9.53. The van der Waals surface area contributed by atoms with Gasteiger partial charge in [0.15, 0.2) is 0 Å². The normalized spacial score (nSPS) is 14.4. The Balaban J connectivity index is 3.09. The van der Waals surface area contributed by atoms with Crippen LogP contribution < -0.4 is 0 Å². The van der Waals surface area contributed by atoms with Crippen LogP contribution in [0.2, 0.25) is 0 Å². The van der Waals surface area contributed by atoms with Gasteiger partial charge in [0.1, 0.15) is 0 Å². The van der Waals surface area contributed by atoms with Crippen molar-refractivity contribution in [2.45, 2.75) is 32.1 Å². The summed E-state index contributed by atoms with van der Waals surface area (Å²) >= 11 is 5.75. The fourth-order valence-electron chi connectivity index (χ4n) is 2.10. The Bertz CT molecular complexity index is 353. The second-order valence-corrected chi connectivity index (χ2v) is 4.77. The topological polar surface area (TPSA) is 23.8 Å². The van der Waals surface area contributed by atoms with Gasteiger partial charge in [0.05, 0.1) is 11.5 Å². The smallest absolute Gasteiger partial charge is 0.0845 e. The van der Waals surface area contributed by atoms with Gasteiger partial charge in [-0.3, -0.25) is 0 Å². The molecule has 0 saturated carbocycles. The summed E-state index contributed by atoms with van der Waals surface area (Å²) in [7, 11) is 0. The monoisotopic (exact) mass is 235 g/mol. The van der Waals surface area contributed by atoms with Crippen molar-refractivity contribution in [2.75, 3.05) is 5.88 Å². The number of nitrogens with zero attached hydrogens (tertiary/aromatic N) is 1. The number of hydrogen-bond donors (Lipinski definition) is 0. The van der Waals surface area contributed by atoms with E-state index in [-0.39, 0.29) is 0 Å². The van der Waals surface area contributed by atoms with E-state index in [1.165, 1.54) is 0 Å². The zero-order chi connectivity index (χ0) is 12.0. The predicted molar refractivity (Wildman–Crippen MR) is 68.5 cm³/mol. The molecule has 0 spiro atoms. The number of benzene rings is 1. The molecule has 0 aromatic heterocycles. The van der Waals surface area contributed by atoms with Crippen molar-refractivity contribution in [3.8, 4) is 6.07 Å². The molecule has 0 amide bonds. The van der Waals surface area contributed by atoms with E-state index in [4.69, 9.17) is 11.6 Å². The third-order valence-corrected chi connectivity index (χ3v) is 3.45. The molecule has 1 atom stereocenters. The van der Waals surface area contributed by atoms with Crippen molar-refractivity contribution >= 4 is 11.6 Å². The molecule has 0 radical (unpaired) electrons. The molecule has 0 heterocycles. The zero-order valence-corrected chi connectivity index (χ0v) is 10.7. The van der Waals surface area contributed by atoms with Gasteiger partial charge in [-0.1, -0.05) is 44.2 Å². The van der Waals surface area contributed by atoms with Crippen LogP contribution in [-0.2, 0) is 5.41 Å². The van der Waals surface area contributed by atoms with Gasteiger partial charge in [0.2, 0.25) is 0 Å². The lowest BCUT2D eigenvalue weighted by Crippen LogP contribution is -2.30. The number of halogens is 1. The van der Waals surface area contributed by atoms with Crippen LogP contribution in [0.25, 0.3) is 0 Å². The van der Waals surface area contributed by atoms with Gasteiger partial charge < -0.3 is 0 Å². The third-order valence-electron chi connectivity index (χ3n) is 3.18. The van der Waals surface area contributed by atoms with E-state index in [1.54, 1.807) is 0 Å². The molecule has 1 nitrogen and oxygen atoms in total. The molecule has 16 heavy (non-hydrogen) atoms. The number of rotatable bonds is 5. The van der Waals surface area contributed by atoms with E-state index in [0.29, 0.717) is 11.8 Å². The lowest BCUT2D eigenvalue weighted by Gasteiger charge is -2.31. The Labute approximate surface area is 103 Å². The molecule has 0 bridgehead atoms. The third kappa shape index (κ3) is 2.57.